The molecule has 3 aliphatic heterocycles. The molecule has 176 valence electrons. The molecule has 3 aromatic rings. The topological polar surface area (TPSA) is 92.2 Å². The van der Waals surface area contributed by atoms with Crippen LogP contribution in [-0.4, -0.2) is 56.8 Å². The van der Waals surface area contributed by atoms with Crippen LogP contribution in [0.3, 0.4) is 0 Å². The standard InChI is InChI=1S/C24H25FN6O2S/c25-17-10-27-18-2-4-21(33)31-12-14(22(17)23(18)31)11-30-7-5-15(6-8-30)26-9-16-1-3-19-24(28-16)29-20(32)13-34-19/h1-4,10,14-15,26H,5-9,11-13H2,(H,28,29,32). The Hall–Kier alpha value is -2.82. The molecule has 3 aromatic heterocycles. The molecule has 8 nitrogen and oxygen atoms in total. The van der Waals surface area contributed by atoms with Gasteiger partial charge in [-0.15, -0.1) is 11.8 Å². The molecular formula is C24H25FN6O2S. The fourth-order valence-electron chi connectivity index (χ4n) is 5.28. The van der Waals surface area contributed by atoms with Crippen LogP contribution in [0.2, 0.25) is 0 Å². The summed E-state index contributed by atoms with van der Waals surface area (Å²) in [6.45, 7) is 3.72. The van der Waals surface area contributed by atoms with Crippen LogP contribution in [0.1, 0.15) is 30.0 Å². The first-order valence-electron chi connectivity index (χ1n) is 11.6. The molecule has 0 saturated carbocycles. The fourth-order valence-corrected chi connectivity index (χ4v) is 6.03. The van der Waals surface area contributed by atoms with Crippen molar-refractivity contribution in [2.24, 2.45) is 0 Å². The van der Waals surface area contributed by atoms with Crippen molar-refractivity contribution < 1.29 is 9.18 Å². The normalized spacial score (nSPS) is 20.5. The fraction of sp³-hybridized carbons (Fsp3) is 0.417. The molecule has 1 atom stereocenters. The van der Waals surface area contributed by atoms with E-state index in [0.29, 0.717) is 47.3 Å². The van der Waals surface area contributed by atoms with E-state index in [9.17, 15) is 14.0 Å². The minimum absolute atomic E-state index is 0.00917. The molecule has 10 heteroatoms. The summed E-state index contributed by atoms with van der Waals surface area (Å²) in [5.41, 5.74) is 2.78. The molecule has 34 heavy (non-hydrogen) atoms. The number of piperidine rings is 1. The number of likely N-dealkylation sites (tertiary alicyclic amines) is 1. The molecule has 6 rings (SSSR count). The lowest BCUT2D eigenvalue weighted by molar-refractivity contribution is -0.113. The Labute approximate surface area is 200 Å². The van der Waals surface area contributed by atoms with Crippen LogP contribution < -0.4 is 16.2 Å². The van der Waals surface area contributed by atoms with Gasteiger partial charge in [-0.3, -0.25) is 14.6 Å². The quantitative estimate of drug-likeness (QED) is 0.579. The van der Waals surface area contributed by atoms with E-state index in [1.807, 2.05) is 12.1 Å². The van der Waals surface area contributed by atoms with Gasteiger partial charge in [-0.05, 0) is 44.1 Å². The first kappa shape index (κ1) is 21.7. The van der Waals surface area contributed by atoms with Crippen molar-refractivity contribution >= 4 is 34.5 Å². The van der Waals surface area contributed by atoms with Crippen molar-refractivity contribution in [1.29, 1.82) is 0 Å². The van der Waals surface area contributed by atoms with E-state index in [0.717, 1.165) is 43.1 Å². The number of hydrogen-bond acceptors (Lipinski definition) is 7. The Balaban J connectivity index is 1.06. The molecule has 1 amide bonds. The molecule has 1 fully saturated rings. The van der Waals surface area contributed by atoms with E-state index in [1.165, 1.54) is 24.0 Å². The van der Waals surface area contributed by atoms with Crippen molar-refractivity contribution in [2.75, 3.05) is 30.7 Å². The number of carbonyl (C=O) groups excluding carboxylic acids is 1. The third-order valence-electron chi connectivity index (χ3n) is 6.97. The van der Waals surface area contributed by atoms with Crippen molar-refractivity contribution in [3.63, 3.8) is 0 Å². The Bertz CT molecular complexity index is 1340. The Kier molecular flexibility index (Phi) is 5.59. The van der Waals surface area contributed by atoms with Crippen molar-refractivity contribution in [3.05, 3.63) is 57.9 Å². The molecule has 2 N–H and O–H groups in total. The molecule has 0 spiro atoms. The van der Waals surface area contributed by atoms with Gasteiger partial charge in [0.15, 0.2) is 0 Å². The smallest absolute Gasteiger partial charge is 0.251 e. The maximum absolute atomic E-state index is 14.7. The van der Waals surface area contributed by atoms with Crippen LogP contribution in [0.15, 0.2) is 40.2 Å². The second-order valence-corrected chi connectivity index (χ2v) is 10.2. The predicted octanol–water partition coefficient (Wildman–Crippen LogP) is 2.33. The Morgan fingerprint density at radius 1 is 1.18 bits per heavy atom. The number of nitrogens with zero attached hydrogens (tertiary/aromatic N) is 4. The molecule has 0 aromatic carbocycles. The number of rotatable bonds is 5. The first-order valence-corrected chi connectivity index (χ1v) is 12.6. The van der Waals surface area contributed by atoms with Crippen LogP contribution >= 0.6 is 11.8 Å². The first-order chi connectivity index (χ1) is 16.5. The molecule has 6 heterocycles. The van der Waals surface area contributed by atoms with Crippen molar-refractivity contribution in [2.45, 2.75) is 42.8 Å². The second kappa shape index (κ2) is 8.75. The van der Waals surface area contributed by atoms with Gasteiger partial charge in [-0.2, -0.15) is 0 Å². The summed E-state index contributed by atoms with van der Waals surface area (Å²) in [6, 6.07) is 7.61. The van der Waals surface area contributed by atoms with Gasteiger partial charge in [0, 0.05) is 43.2 Å². The molecule has 0 radical (unpaired) electrons. The molecule has 0 aliphatic carbocycles. The highest BCUT2D eigenvalue weighted by Gasteiger charge is 2.31. The minimum atomic E-state index is -0.321. The van der Waals surface area contributed by atoms with Crippen LogP contribution in [0.4, 0.5) is 10.2 Å². The highest BCUT2D eigenvalue weighted by Crippen LogP contribution is 2.34. The zero-order valence-electron chi connectivity index (χ0n) is 18.6. The van der Waals surface area contributed by atoms with E-state index in [-0.39, 0.29) is 23.2 Å². The van der Waals surface area contributed by atoms with Crippen LogP contribution in [-0.2, 0) is 17.9 Å². The zero-order chi connectivity index (χ0) is 23.2. The van der Waals surface area contributed by atoms with Gasteiger partial charge in [0.05, 0.1) is 33.6 Å². The van der Waals surface area contributed by atoms with Crippen molar-refractivity contribution in [3.8, 4) is 0 Å². The van der Waals surface area contributed by atoms with Crippen molar-refractivity contribution in [1.82, 2.24) is 24.8 Å². The largest absolute Gasteiger partial charge is 0.309 e. The average molecular weight is 481 g/mol. The zero-order valence-corrected chi connectivity index (χ0v) is 19.4. The Morgan fingerprint density at radius 2 is 2.03 bits per heavy atom. The number of halogens is 1. The summed E-state index contributed by atoms with van der Waals surface area (Å²) in [7, 11) is 0. The number of pyridine rings is 3. The average Bonchev–Trinajstić information content (AvgIpc) is 3.23. The Morgan fingerprint density at radius 3 is 2.88 bits per heavy atom. The van der Waals surface area contributed by atoms with E-state index in [2.05, 4.69) is 25.5 Å². The number of amides is 1. The van der Waals surface area contributed by atoms with Gasteiger partial charge in [-0.25, -0.2) is 9.37 Å². The number of thioether (sulfide) groups is 1. The van der Waals surface area contributed by atoms with Gasteiger partial charge in [0.25, 0.3) is 5.56 Å². The number of hydrogen-bond donors (Lipinski definition) is 2. The number of nitrogens with one attached hydrogen (secondary N) is 2. The van der Waals surface area contributed by atoms with Gasteiger partial charge in [-0.1, -0.05) is 0 Å². The number of aromatic nitrogens is 3. The third kappa shape index (κ3) is 3.99. The summed E-state index contributed by atoms with van der Waals surface area (Å²) < 4.78 is 16.4. The van der Waals surface area contributed by atoms with Crippen LogP contribution in [0, 0.1) is 5.82 Å². The number of carbonyl (C=O) groups is 1. The maximum atomic E-state index is 14.7. The van der Waals surface area contributed by atoms with E-state index in [1.54, 1.807) is 10.6 Å². The van der Waals surface area contributed by atoms with Gasteiger partial charge in [0.1, 0.15) is 11.6 Å². The summed E-state index contributed by atoms with van der Waals surface area (Å²) in [4.78, 5) is 36.1. The lowest BCUT2D eigenvalue weighted by atomic mass is 9.98. The van der Waals surface area contributed by atoms with Crippen LogP contribution in [0.5, 0.6) is 0 Å². The van der Waals surface area contributed by atoms with E-state index in [4.69, 9.17) is 0 Å². The molecule has 3 aliphatic rings. The molecule has 0 bridgehead atoms. The highest BCUT2D eigenvalue weighted by atomic mass is 32.2. The van der Waals surface area contributed by atoms with E-state index < -0.39 is 0 Å². The molecule has 1 unspecified atom stereocenters. The molecular weight excluding hydrogens is 455 g/mol. The van der Waals surface area contributed by atoms with E-state index >= 15 is 0 Å². The third-order valence-corrected chi connectivity index (χ3v) is 8.02. The minimum Gasteiger partial charge on any atom is -0.309 e. The van der Waals surface area contributed by atoms with Crippen LogP contribution in [0.25, 0.3) is 11.0 Å². The lowest BCUT2D eigenvalue weighted by Crippen LogP contribution is -2.43. The number of anilines is 1. The second-order valence-electron chi connectivity index (χ2n) is 9.17. The molecule has 1 saturated heterocycles. The number of fused-ring (bicyclic) bond motifs is 1. The predicted molar refractivity (Wildman–Crippen MR) is 129 cm³/mol. The van der Waals surface area contributed by atoms with Gasteiger partial charge < -0.3 is 20.1 Å². The monoisotopic (exact) mass is 480 g/mol. The summed E-state index contributed by atoms with van der Waals surface area (Å²) in [6.07, 6.45) is 3.26. The summed E-state index contributed by atoms with van der Waals surface area (Å²) >= 11 is 1.51. The SMILES string of the molecule is O=C1CSc2ccc(CNC3CCN(CC4Cn5c(=O)ccc6ncc(F)c4c65)CC3)nc2N1. The maximum Gasteiger partial charge on any atom is 0.251 e. The lowest BCUT2D eigenvalue weighted by Gasteiger charge is -2.34. The summed E-state index contributed by atoms with van der Waals surface area (Å²) in [5, 5.41) is 6.44. The van der Waals surface area contributed by atoms with Gasteiger partial charge >= 0.3 is 0 Å². The highest BCUT2D eigenvalue weighted by molar-refractivity contribution is 8.00. The van der Waals surface area contributed by atoms with Gasteiger partial charge in [0.2, 0.25) is 5.91 Å². The summed E-state index contributed by atoms with van der Waals surface area (Å²) in [5.74, 6) is 0.721.